The quantitative estimate of drug-likeness (QED) is 0.818. The van der Waals surface area contributed by atoms with Crippen molar-refractivity contribution in [2.24, 2.45) is 0 Å². The predicted molar refractivity (Wildman–Crippen MR) is 71.7 cm³/mol. The van der Waals surface area contributed by atoms with Gasteiger partial charge in [-0.05, 0) is 33.1 Å². The van der Waals surface area contributed by atoms with Gasteiger partial charge in [-0.1, -0.05) is 13.3 Å². The van der Waals surface area contributed by atoms with Gasteiger partial charge >= 0.3 is 0 Å². The van der Waals surface area contributed by atoms with Gasteiger partial charge in [-0.2, -0.15) is 0 Å². The summed E-state index contributed by atoms with van der Waals surface area (Å²) in [6, 6.07) is 0. The van der Waals surface area contributed by atoms with Gasteiger partial charge < -0.3 is 5.11 Å². The maximum atomic E-state index is 12.4. The minimum Gasteiger partial charge on any atom is -0.512 e. The second kappa shape index (κ2) is 4.96. The molecule has 0 saturated heterocycles. The average Bonchev–Trinajstić information content (AvgIpc) is 2.33. The predicted octanol–water partition coefficient (Wildman–Crippen LogP) is 2.59. The van der Waals surface area contributed by atoms with Crippen LogP contribution < -0.4 is 5.56 Å². The van der Waals surface area contributed by atoms with Crippen molar-refractivity contribution in [2.45, 2.75) is 53.0 Å². The van der Waals surface area contributed by atoms with Crippen LogP contribution >= 0.6 is 0 Å². The van der Waals surface area contributed by atoms with E-state index >= 15 is 0 Å². The largest absolute Gasteiger partial charge is 0.512 e. The van der Waals surface area contributed by atoms with Crippen molar-refractivity contribution < 1.29 is 5.11 Å². The maximum absolute atomic E-state index is 12.4. The zero-order valence-electron chi connectivity index (χ0n) is 11.3. The third-order valence-corrected chi connectivity index (χ3v) is 3.48. The van der Waals surface area contributed by atoms with Gasteiger partial charge in [0.15, 0.2) is 0 Å². The molecule has 0 saturated carbocycles. The molecule has 2 heterocycles. The van der Waals surface area contributed by atoms with Gasteiger partial charge in [-0.25, -0.2) is 4.98 Å². The zero-order chi connectivity index (χ0) is 13.3. The molecule has 0 aromatic carbocycles. The molecule has 0 fully saturated rings. The molecular formula is C14H20N2O2. The molecule has 18 heavy (non-hydrogen) atoms. The van der Waals surface area contributed by atoms with E-state index in [0.29, 0.717) is 12.4 Å². The molecule has 0 bridgehead atoms. The second-order valence-electron chi connectivity index (χ2n) is 4.87. The van der Waals surface area contributed by atoms with Crippen LogP contribution in [0.2, 0.25) is 0 Å². The van der Waals surface area contributed by atoms with Gasteiger partial charge in [-0.15, -0.1) is 0 Å². The molecule has 0 atom stereocenters. The van der Waals surface area contributed by atoms with Crippen molar-refractivity contribution in [2.75, 3.05) is 0 Å². The third-order valence-electron chi connectivity index (χ3n) is 3.48. The molecule has 1 aromatic rings. The molecule has 1 aliphatic heterocycles. The van der Waals surface area contributed by atoms with Crippen molar-refractivity contribution in [3.63, 3.8) is 0 Å². The van der Waals surface area contributed by atoms with Crippen LogP contribution in [0.3, 0.4) is 0 Å². The first-order valence-electron chi connectivity index (χ1n) is 6.55. The van der Waals surface area contributed by atoms with E-state index in [-0.39, 0.29) is 11.3 Å². The van der Waals surface area contributed by atoms with E-state index in [1.54, 1.807) is 11.5 Å². The van der Waals surface area contributed by atoms with Gasteiger partial charge in [-0.3, -0.25) is 9.36 Å². The Kier molecular flexibility index (Phi) is 3.55. The number of aliphatic hydroxyl groups excluding tert-OH is 1. The molecule has 0 amide bonds. The summed E-state index contributed by atoms with van der Waals surface area (Å²) in [6.45, 7) is 6.31. The van der Waals surface area contributed by atoms with E-state index in [2.05, 4.69) is 11.9 Å². The summed E-state index contributed by atoms with van der Waals surface area (Å²) in [7, 11) is 0. The number of rotatable bonds is 2. The lowest BCUT2D eigenvalue weighted by Gasteiger charge is -2.22. The molecular weight excluding hydrogens is 228 g/mol. The summed E-state index contributed by atoms with van der Waals surface area (Å²) in [6.07, 6.45) is 3.39. The highest BCUT2D eigenvalue weighted by Crippen LogP contribution is 2.26. The van der Waals surface area contributed by atoms with Crippen molar-refractivity contribution in [1.82, 2.24) is 9.55 Å². The molecule has 1 aliphatic rings. The topological polar surface area (TPSA) is 55.1 Å². The monoisotopic (exact) mass is 248 g/mol. The molecule has 1 N–H and O–H groups in total. The Morgan fingerprint density at radius 1 is 1.50 bits per heavy atom. The van der Waals surface area contributed by atoms with Crippen LogP contribution in [0, 0.1) is 6.92 Å². The summed E-state index contributed by atoms with van der Waals surface area (Å²) in [5, 5.41) is 9.70. The highest BCUT2D eigenvalue weighted by molar-refractivity contribution is 5.62. The lowest BCUT2D eigenvalue weighted by Crippen LogP contribution is -2.31. The molecule has 0 aliphatic carbocycles. The Hall–Kier alpha value is -1.58. The lowest BCUT2D eigenvalue weighted by atomic mass is 10.0. The fourth-order valence-corrected chi connectivity index (χ4v) is 2.54. The van der Waals surface area contributed by atoms with E-state index in [0.717, 1.165) is 42.5 Å². The molecule has 1 aromatic heterocycles. The van der Waals surface area contributed by atoms with Crippen LogP contribution in [0.15, 0.2) is 10.6 Å². The highest BCUT2D eigenvalue weighted by Gasteiger charge is 2.21. The molecule has 2 rings (SSSR count). The normalized spacial score (nSPS) is 17.5. The van der Waals surface area contributed by atoms with Crippen molar-refractivity contribution in [1.29, 1.82) is 0 Å². The van der Waals surface area contributed by atoms with Crippen LogP contribution in [0.4, 0.5) is 0 Å². The Morgan fingerprint density at radius 2 is 2.22 bits per heavy atom. The SMILES string of the molecule is CCCc1c(C)nc2n(c1=O)CCC/C2=C(\C)O. The second-order valence-corrected chi connectivity index (χ2v) is 4.87. The maximum Gasteiger partial charge on any atom is 0.257 e. The molecule has 0 unspecified atom stereocenters. The summed E-state index contributed by atoms with van der Waals surface area (Å²) in [4.78, 5) is 17.0. The number of allylic oxidation sites excluding steroid dienone is 2. The van der Waals surface area contributed by atoms with E-state index in [1.807, 2.05) is 6.92 Å². The van der Waals surface area contributed by atoms with Crippen LogP contribution in [0.1, 0.15) is 50.2 Å². The third kappa shape index (κ3) is 2.07. The number of hydrogen-bond acceptors (Lipinski definition) is 3. The van der Waals surface area contributed by atoms with Crippen LogP contribution in [-0.4, -0.2) is 14.7 Å². The number of hydrogen-bond donors (Lipinski definition) is 1. The van der Waals surface area contributed by atoms with E-state index in [9.17, 15) is 9.90 Å². The highest BCUT2D eigenvalue weighted by atomic mass is 16.3. The molecule has 4 heteroatoms. The summed E-state index contributed by atoms with van der Waals surface area (Å²) < 4.78 is 1.72. The first kappa shape index (κ1) is 12.9. The minimum absolute atomic E-state index is 0.0674. The van der Waals surface area contributed by atoms with Gasteiger partial charge in [0.2, 0.25) is 0 Å². The Morgan fingerprint density at radius 3 is 2.83 bits per heavy atom. The zero-order valence-corrected chi connectivity index (χ0v) is 11.3. The summed E-state index contributed by atoms with van der Waals surface area (Å²) in [5.74, 6) is 0.932. The number of fused-ring (bicyclic) bond motifs is 1. The fraction of sp³-hybridized carbons (Fsp3) is 0.571. The fourth-order valence-electron chi connectivity index (χ4n) is 2.54. The molecule has 98 valence electrons. The van der Waals surface area contributed by atoms with E-state index < -0.39 is 0 Å². The van der Waals surface area contributed by atoms with Gasteiger partial charge in [0.05, 0.1) is 5.76 Å². The van der Waals surface area contributed by atoms with Gasteiger partial charge in [0.1, 0.15) is 5.82 Å². The number of aromatic nitrogens is 2. The first-order valence-corrected chi connectivity index (χ1v) is 6.55. The Bertz CT molecular complexity index is 552. The minimum atomic E-state index is 0.0674. The molecule has 0 spiro atoms. The van der Waals surface area contributed by atoms with Crippen LogP contribution in [-0.2, 0) is 13.0 Å². The summed E-state index contributed by atoms with van der Waals surface area (Å²) in [5.41, 5.74) is 2.49. The number of aryl methyl sites for hydroxylation is 1. The van der Waals surface area contributed by atoms with Crippen molar-refractivity contribution >= 4 is 5.57 Å². The van der Waals surface area contributed by atoms with Crippen molar-refractivity contribution in [3.8, 4) is 0 Å². The standard InChI is InChI=1S/C14H20N2O2/c1-4-6-11-9(2)15-13-12(10(3)17)7-5-8-16(13)14(11)18/h17H,4-8H2,1-3H3/b12-10-. The lowest BCUT2D eigenvalue weighted by molar-refractivity contribution is 0.410. The van der Waals surface area contributed by atoms with E-state index in [1.165, 1.54) is 0 Å². The first-order chi connectivity index (χ1) is 8.56. The van der Waals surface area contributed by atoms with Crippen molar-refractivity contribution in [3.05, 3.63) is 33.2 Å². The van der Waals surface area contributed by atoms with E-state index in [4.69, 9.17) is 0 Å². The number of nitrogens with zero attached hydrogens (tertiary/aromatic N) is 2. The molecule has 4 nitrogen and oxygen atoms in total. The van der Waals surface area contributed by atoms with Gasteiger partial charge in [0, 0.05) is 23.4 Å². The molecule has 0 radical (unpaired) electrons. The van der Waals surface area contributed by atoms with Gasteiger partial charge in [0.25, 0.3) is 5.56 Å². The Labute approximate surface area is 107 Å². The Balaban J connectivity index is 2.67. The smallest absolute Gasteiger partial charge is 0.257 e. The van der Waals surface area contributed by atoms with Crippen LogP contribution in [0.25, 0.3) is 5.57 Å². The number of aliphatic hydroxyl groups is 1. The summed E-state index contributed by atoms with van der Waals surface area (Å²) >= 11 is 0. The average molecular weight is 248 g/mol. The van der Waals surface area contributed by atoms with Crippen LogP contribution in [0.5, 0.6) is 0 Å².